The first-order valence-electron chi connectivity index (χ1n) is 3.55. The lowest BCUT2D eigenvalue weighted by molar-refractivity contribution is 0.591. The monoisotopic (exact) mass is 208 g/mol. The Morgan fingerprint density at radius 1 is 1.67 bits per heavy atom. The van der Waals surface area contributed by atoms with E-state index in [9.17, 15) is 8.42 Å². The van der Waals surface area contributed by atoms with Crippen LogP contribution < -0.4 is 10.5 Å². The first kappa shape index (κ1) is 9.88. The average molecular weight is 208 g/mol. The molecule has 0 fully saturated rings. The SMILES string of the molecule is CC(C)C1=CNC(S(N)(=O)=O)S1. The highest BCUT2D eigenvalue weighted by atomic mass is 32.3. The summed E-state index contributed by atoms with van der Waals surface area (Å²) in [6.07, 6.45) is 1.71. The average Bonchev–Trinajstić information content (AvgIpc) is 2.30. The van der Waals surface area contributed by atoms with Gasteiger partial charge in [0.15, 0.2) is 4.71 Å². The topological polar surface area (TPSA) is 72.2 Å². The summed E-state index contributed by atoms with van der Waals surface area (Å²) >= 11 is 1.26. The number of rotatable bonds is 2. The molecule has 3 N–H and O–H groups in total. The van der Waals surface area contributed by atoms with E-state index in [4.69, 9.17) is 5.14 Å². The fourth-order valence-corrected chi connectivity index (χ4v) is 2.73. The van der Waals surface area contributed by atoms with Crippen LogP contribution in [-0.2, 0) is 10.0 Å². The van der Waals surface area contributed by atoms with Crippen LogP contribution in [0.2, 0.25) is 0 Å². The van der Waals surface area contributed by atoms with Crippen molar-refractivity contribution in [2.24, 2.45) is 11.1 Å². The summed E-state index contributed by atoms with van der Waals surface area (Å²) in [5.74, 6) is 0.342. The van der Waals surface area contributed by atoms with Gasteiger partial charge in [-0.05, 0) is 5.92 Å². The highest BCUT2D eigenvalue weighted by Gasteiger charge is 2.27. The lowest BCUT2D eigenvalue weighted by Crippen LogP contribution is -2.32. The Labute approximate surface area is 76.6 Å². The summed E-state index contributed by atoms with van der Waals surface area (Å²) < 4.78 is 21.0. The Kier molecular flexibility index (Phi) is 2.70. The number of nitrogens with one attached hydrogen (secondary N) is 1. The molecular formula is C6H12N2O2S2. The summed E-state index contributed by atoms with van der Waals surface area (Å²) in [4.78, 5) is 1.02. The smallest absolute Gasteiger partial charge is 0.240 e. The minimum atomic E-state index is -3.47. The number of hydrogen-bond acceptors (Lipinski definition) is 4. The highest BCUT2D eigenvalue weighted by molar-refractivity contribution is 8.15. The molecule has 0 saturated carbocycles. The van der Waals surface area contributed by atoms with Gasteiger partial charge in [-0.2, -0.15) is 0 Å². The van der Waals surface area contributed by atoms with Crippen molar-refractivity contribution >= 4 is 21.8 Å². The molecule has 12 heavy (non-hydrogen) atoms. The zero-order valence-corrected chi connectivity index (χ0v) is 8.58. The van der Waals surface area contributed by atoms with Crippen molar-refractivity contribution < 1.29 is 8.42 Å². The van der Waals surface area contributed by atoms with E-state index in [1.165, 1.54) is 11.8 Å². The number of primary sulfonamides is 1. The second-order valence-corrected chi connectivity index (χ2v) is 6.03. The van der Waals surface area contributed by atoms with Gasteiger partial charge < -0.3 is 5.32 Å². The van der Waals surface area contributed by atoms with Crippen molar-refractivity contribution in [3.63, 3.8) is 0 Å². The molecule has 0 aromatic carbocycles. The molecule has 0 radical (unpaired) electrons. The van der Waals surface area contributed by atoms with Crippen molar-refractivity contribution in [3.05, 3.63) is 11.1 Å². The standard InChI is InChI=1S/C6H12N2O2S2/c1-4(2)5-3-8-6(11-5)12(7,9)10/h3-4,6,8H,1-2H3,(H2,7,9,10). The lowest BCUT2D eigenvalue weighted by atomic mass is 10.2. The van der Waals surface area contributed by atoms with Crippen molar-refractivity contribution in [1.29, 1.82) is 0 Å². The van der Waals surface area contributed by atoms with Crippen LogP contribution in [0.25, 0.3) is 0 Å². The molecule has 1 aliphatic rings. The van der Waals surface area contributed by atoms with Crippen LogP contribution in [-0.4, -0.2) is 13.1 Å². The third-order valence-electron chi connectivity index (χ3n) is 1.47. The summed E-state index contributed by atoms with van der Waals surface area (Å²) in [5, 5.41) is 7.67. The van der Waals surface area contributed by atoms with Gasteiger partial charge in [0.05, 0.1) is 0 Å². The number of hydrogen-bond donors (Lipinski definition) is 2. The van der Waals surface area contributed by atoms with Gasteiger partial charge in [0, 0.05) is 11.1 Å². The second kappa shape index (κ2) is 3.27. The van der Waals surface area contributed by atoms with E-state index in [1.54, 1.807) is 6.20 Å². The van der Waals surface area contributed by atoms with Crippen LogP contribution in [0, 0.1) is 5.92 Å². The first-order valence-corrected chi connectivity index (χ1v) is 6.04. The molecular weight excluding hydrogens is 196 g/mol. The fourth-order valence-electron chi connectivity index (χ4n) is 0.806. The maximum Gasteiger partial charge on any atom is 0.240 e. The number of allylic oxidation sites excluding steroid dienone is 1. The zero-order valence-electron chi connectivity index (χ0n) is 6.94. The maximum atomic E-state index is 10.9. The largest absolute Gasteiger partial charge is 0.365 e. The van der Waals surface area contributed by atoms with Gasteiger partial charge in [-0.3, -0.25) is 0 Å². The molecule has 0 aromatic rings. The van der Waals surface area contributed by atoms with Crippen LogP contribution in [0.5, 0.6) is 0 Å². The Hall–Kier alpha value is -0.200. The quantitative estimate of drug-likeness (QED) is 0.688. The third-order valence-corrected chi connectivity index (χ3v) is 4.51. The lowest BCUT2D eigenvalue weighted by Gasteiger charge is -2.08. The molecule has 1 atom stereocenters. The molecule has 1 rings (SSSR count). The van der Waals surface area contributed by atoms with Crippen molar-refractivity contribution in [2.75, 3.05) is 0 Å². The number of nitrogens with two attached hydrogens (primary N) is 1. The Balaban J connectivity index is 2.65. The predicted molar refractivity (Wildman–Crippen MR) is 50.5 cm³/mol. The van der Waals surface area contributed by atoms with Crippen LogP contribution >= 0.6 is 11.8 Å². The van der Waals surface area contributed by atoms with E-state index in [2.05, 4.69) is 5.32 Å². The first-order chi connectivity index (χ1) is 5.41. The minimum absolute atomic E-state index is 0.342. The van der Waals surface area contributed by atoms with Gasteiger partial charge in [0.1, 0.15) is 0 Å². The van der Waals surface area contributed by atoms with Gasteiger partial charge in [0.2, 0.25) is 10.0 Å². The van der Waals surface area contributed by atoms with E-state index in [0.29, 0.717) is 5.92 Å². The summed E-state index contributed by atoms with van der Waals surface area (Å²) in [5.41, 5.74) is 0. The van der Waals surface area contributed by atoms with Gasteiger partial charge in [-0.15, -0.1) is 0 Å². The fraction of sp³-hybridized carbons (Fsp3) is 0.667. The Morgan fingerprint density at radius 3 is 2.50 bits per heavy atom. The van der Waals surface area contributed by atoms with Gasteiger partial charge in [-0.25, -0.2) is 13.6 Å². The number of thioether (sulfide) groups is 1. The van der Waals surface area contributed by atoms with Crippen molar-refractivity contribution in [2.45, 2.75) is 18.6 Å². The number of sulfonamides is 1. The Bertz CT molecular complexity index is 295. The Morgan fingerprint density at radius 2 is 2.25 bits per heavy atom. The molecule has 1 heterocycles. The van der Waals surface area contributed by atoms with E-state index in [-0.39, 0.29) is 0 Å². The molecule has 1 unspecified atom stereocenters. The molecule has 0 spiro atoms. The maximum absolute atomic E-state index is 10.9. The molecule has 0 saturated heterocycles. The minimum Gasteiger partial charge on any atom is -0.365 e. The van der Waals surface area contributed by atoms with Crippen molar-refractivity contribution in [3.8, 4) is 0 Å². The predicted octanol–water partition coefficient (Wildman–Crippen LogP) is 0.392. The molecule has 1 aliphatic heterocycles. The molecule has 0 aliphatic carbocycles. The second-order valence-electron chi connectivity index (χ2n) is 2.91. The summed E-state index contributed by atoms with van der Waals surface area (Å²) in [6.45, 7) is 4.01. The molecule has 0 bridgehead atoms. The normalized spacial score (nSPS) is 24.0. The molecule has 4 nitrogen and oxygen atoms in total. The molecule has 70 valence electrons. The molecule has 0 aromatic heterocycles. The van der Waals surface area contributed by atoms with E-state index in [0.717, 1.165) is 4.91 Å². The molecule has 6 heteroatoms. The highest BCUT2D eigenvalue weighted by Crippen LogP contribution is 2.32. The van der Waals surface area contributed by atoms with Crippen molar-refractivity contribution in [1.82, 2.24) is 5.32 Å². The van der Waals surface area contributed by atoms with Crippen LogP contribution in [0.15, 0.2) is 11.1 Å². The third kappa shape index (κ3) is 2.15. The van der Waals surface area contributed by atoms with E-state index < -0.39 is 14.7 Å². The summed E-state index contributed by atoms with van der Waals surface area (Å²) in [7, 11) is -3.47. The van der Waals surface area contributed by atoms with Gasteiger partial charge in [-0.1, -0.05) is 25.6 Å². The van der Waals surface area contributed by atoms with E-state index >= 15 is 0 Å². The van der Waals surface area contributed by atoms with Crippen LogP contribution in [0.3, 0.4) is 0 Å². The van der Waals surface area contributed by atoms with E-state index in [1.807, 2.05) is 13.8 Å². The zero-order chi connectivity index (χ0) is 9.35. The van der Waals surface area contributed by atoms with Gasteiger partial charge >= 0.3 is 0 Å². The molecule has 0 amide bonds. The van der Waals surface area contributed by atoms with Gasteiger partial charge in [0.25, 0.3) is 0 Å². The van der Waals surface area contributed by atoms with Crippen LogP contribution in [0.4, 0.5) is 0 Å². The van der Waals surface area contributed by atoms with Crippen LogP contribution in [0.1, 0.15) is 13.8 Å². The summed E-state index contributed by atoms with van der Waals surface area (Å²) in [6, 6.07) is 0.